The molecule has 0 radical (unpaired) electrons. The Balaban J connectivity index is -0.0000000427. The van der Waals surface area contributed by atoms with Crippen LogP contribution < -0.4 is 49.6 Å². The van der Waals surface area contributed by atoms with Gasteiger partial charge in [0.15, 0.2) is 0 Å². The summed E-state index contributed by atoms with van der Waals surface area (Å²) in [5, 5.41) is 11.4. The van der Waals surface area contributed by atoms with E-state index in [1.54, 1.807) is 0 Å². The molecule has 1 fully saturated rings. The molecule has 0 aliphatic heterocycles. The predicted octanol–water partition coefficient (Wildman–Crippen LogP) is -10.2. The smallest absolute Gasteiger partial charge is 1.00 e. The summed E-state index contributed by atoms with van der Waals surface area (Å²) in [7, 11) is 0. The summed E-state index contributed by atoms with van der Waals surface area (Å²) in [6, 6.07) is 0. The Bertz CT molecular complexity index is 107. The topological polar surface area (TPSA) is 32.6 Å². The molecule has 1 N–H and O–H groups in total. The Morgan fingerprint density at radius 3 is 1.46 bits per heavy atom. The largest absolute Gasteiger partial charge is 4.00 e. The van der Waals surface area contributed by atoms with Gasteiger partial charge in [-0.3, -0.25) is 0 Å². The molecule has 1 aliphatic rings. The third kappa shape index (κ3) is 13.5. The Morgan fingerprint density at radius 1 is 0.846 bits per heavy atom. The van der Waals surface area contributed by atoms with Gasteiger partial charge in [-0.15, -0.1) is 0 Å². The number of halogens is 4. The second-order valence-electron chi connectivity index (χ2n) is 2.23. The van der Waals surface area contributed by atoms with Crippen LogP contribution in [0, 0.1) is 0 Å². The number of hydrogen-bond acceptors (Lipinski definition) is 2. The first-order valence-electron chi connectivity index (χ1n) is 3.13. The van der Waals surface area contributed by atoms with Crippen molar-refractivity contribution in [2.75, 3.05) is 0 Å². The van der Waals surface area contributed by atoms with Gasteiger partial charge in [0, 0.05) is 0 Å². The van der Waals surface area contributed by atoms with Gasteiger partial charge in [0.1, 0.15) is 0 Å². The van der Waals surface area contributed by atoms with Gasteiger partial charge in [-0.25, -0.2) is 0 Å². The van der Waals surface area contributed by atoms with E-state index in [4.69, 9.17) is 5.21 Å². The fourth-order valence-electron chi connectivity index (χ4n) is 1.06. The molecule has 0 bridgehead atoms. The van der Waals surface area contributed by atoms with Gasteiger partial charge >= 0.3 is 26.2 Å². The van der Waals surface area contributed by atoms with Gasteiger partial charge in [-0.1, -0.05) is 11.6 Å². The van der Waals surface area contributed by atoms with Gasteiger partial charge < -0.3 is 54.8 Å². The van der Waals surface area contributed by atoms with E-state index in [-0.39, 0.29) is 75.8 Å². The average molecular weight is 346 g/mol. The second kappa shape index (κ2) is 19.1. The fraction of sp³-hybridized carbons (Fsp3) is 0.833. The number of nitrogens with zero attached hydrogens (tertiary/aromatic N) is 1. The Kier molecular flexibility index (Phi) is 43.1. The molecule has 2 nitrogen and oxygen atoms in total. The summed E-state index contributed by atoms with van der Waals surface area (Å²) < 4.78 is 0. The minimum absolute atomic E-state index is 0. The molecule has 1 saturated carbocycles. The van der Waals surface area contributed by atoms with E-state index in [9.17, 15) is 0 Å². The zero-order chi connectivity index (χ0) is 5.82. The minimum atomic E-state index is 0. The predicted molar refractivity (Wildman–Crippen MR) is 32.3 cm³/mol. The molecular formula is C6H11Cl4NOZr. The molecule has 1 rings (SSSR count). The molecule has 0 aromatic rings. The van der Waals surface area contributed by atoms with Crippen LogP contribution in [-0.4, -0.2) is 10.9 Å². The van der Waals surface area contributed by atoms with Crippen molar-refractivity contribution in [1.29, 1.82) is 0 Å². The fourth-order valence-corrected chi connectivity index (χ4v) is 1.06. The van der Waals surface area contributed by atoms with Crippen molar-refractivity contribution in [1.82, 2.24) is 0 Å². The van der Waals surface area contributed by atoms with Crippen molar-refractivity contribution < 1.29 is 81.0 Å². The first-order chi connectivity index (χ1) is 3.93. The van der Waals surface area contributed by atoms with Crippen molar-refractivity contribution in [3.8, 4) is 0 Å². The Morgan fingerprint density at radius 2 is 1.23 bits per heavy atom. The molecular weight excluding hydrogens is 335 g/mol. The van der Waals surface area contributed by atoms with Crippen LogP contribution in [0.1, 0.15) is 32.1 Å². The summed E-state index contributed by atoms with van der Waals surface area (Å²) in [5.41, 5.74) is 0.983. The van der Waals surface area contributed by atoms with Crippen molar-refractivity contribution >= 4 is 5.71 Å². The number of oxime groups is 1. The van der Waals surface area contributed by atoms with Crippen LogP contribution in [0.4, 0.5) is 0 Å². The first-order valence-corrected chi connectivity index (χ1v) is 3.13. The van der Waals surface area contributed by atoms with Gasteiger partial charge in [0.05, 0.1) is 5.71 Å². The zero-order valence-corrected chi connectivity index (χ0v) is 12.4. The van der Waals surface area contributed by atoms with Crippen molar-refractivity contribution in [3.63, 3.8) is 0 Å². The minimum Gasteiger partial charge on any atom is -1.00 e. The molecule has 0 atom stereocenters. The Hall–Kier alpha value is 1.51. The number of rotatable bonds is 0. The van der Waals surface area contributed by atoms with E-state index >= 15 is 0 Å². The molecule has 1 aliphatic carbocycles. The van der Waals surface area contributed by atoms with Gasteiger partial charge in [-0.05, 0) is 25.7 Å². The van der Waals surface area contributed by atoms with Crippen LogP contribution in [0.3, 0.4) is 0 Å². The van der Waals surface area contributed by atoms with Crippen LogP contribution >= 0.6 is 0 Å². The van der Waals surface area contributed by atoms with Crippen molar-refractivity contribution in [2.24, 2.45) is 5.16 Å². The molecule has 0 amide bonds. The molecule has 78 valence electrons. The first kappa shape index (κ1) is 29.3. The summed E-state index contributed by atoms with van der Waals surface area (Å²) in [5.74, 6) is 0. The number of hydrogen-bond donors (Lipinski definition) is 1. The van der Waals surface area contributed by atoms with Crippen molar-refractivity contribution in [3.05, 3.63) is 0 Å². The van der Waals surface area contributed by atoms with Gasteiger partial charge in [-0.2, -0.15) is 0 Å². The van der Waals surface area contributed by atoms with Crippen LogP contribution in [0.25, 0.3) is 0 Å². The molecule has 0 saturated heterocycles. The molecule has 13 heavy (non-hydrogen) atoms. The SMILES string of the molecule is ON=C1CCCCC1.[Cl-].[Cl-].[Cl-].[Cl-].[Zr+4]. The quantitative estimate of drug-likeness (QED) is 0.343. The maximum Gasteiger partial charge on any atom is 4.00 e. The molecule has 0 aromatic carbocycles. The van der Waals surface area contributed by atoms with Crippen LogP contribution in [0.15, 0.2) is 5.16 Å². The van der Waals surface area contributed by atoms with E-state index in [0.717, 1.165) is 18.6 Å². The van der Waals surface area contributed by atoms with E-state index in [1.165, 1.54) is 19.3 Å². The zero-order valence-electron chi connectivity index (χ0n) is 6.94. The second-order valence-corrected chi connectivity index (χ2v) is 2.23. The molecule has 0 unspecified atom stereocenters. The van der Waals surface area contributed by atoms with Crippen LogP contribution in [-0.2, 0) is 26.2 Å². The third-order valence-corrected chi connectivity index (χ3v) is 1.57. The van der Waals surface area contributed by atoms with E-state index in [0.29, 0.717) is 0 Å². The summed E-state index contributed by atoms with van der Waals surface area (Å²) in [6.45, 7) is 0. The van der Waals surface area contributed by atoms with Crippen LogP contribution in [0.2, 0.25) is 0 Å². The molecule has 0 aromatic heterocycles. The standard InChI is InChI=1S/C6H11NO.4ClH.Zr/c8-7-6-4-2-1-3-5-6;;;;;/h8H,1-5H2;4*1H;/q;;;;;+4/p-4. The van der Waals surface area contributed by atoms with Gasteiger partial charge in [0.2, 0.25) is 0 Å². The Labute approximate surface area is 123 Å². The summed E-state index contributed by atoms with van der Waals surface area (Å²) in [4.78, 5) is 0. The molecule has 0 heterocycles. The van der Waals surface area contributed by atoms with E-state index in [1.807, 2.05) is 0 Å². The van der Waals surface area contributed by atoms with Crippen molar-refractivity contribution in [2.45, 2.75) is 32.1 Å². The molecule has 0 spiro atoms. The van der Waals surface area contributed by atoms with Gasteiger partial charge in [0.25, 0.3) is 0 Å². The molecule has 7 heteroatoms. The maximum atomic E-state index is 8.28. The average Bonchev–Trinajstić information content (AvgIpc) is 1.90. The normalized spacial score (nSPS) is 12.8. The van der Waals surface area contributed by atoms with Crippen LogP contribution in [0.5, 0.6) is 0 Å². The van der Waals surface area contributed by atoms with E-state index < -0.39 is 0 Å². The summed E-state index contributed by atoms with van der Waals surface area (Å²) >= 11 is 0. The summed E-state index contributed by atoms with van der Waals surface area (Å²) in [6.07, 6.45) is 5.74. The monoisotopic (exact) mass is 343 g/mol. The maximum absolute atomic E-state index is 8.28. The third-order valence-electron chi connectivity index (χ3n) is 1.57. The van der Waals surface area contributed by atoms with E-state index in [2.05, 4.69) is 5.16 Å².